The number of hydrogen-bond acceptors (Lipinski definition) is 2. The lowest BCUT2D eigenvalue weighted by Crippen LogP contribution is -2.17. The lowest BCUT2D eigenvalue weighted by molar-refractivity contribution is -0.274. The lowest BCUT2D eigenvalue weighted by atomic mass is 10.2. The Morgan fingerprint density at radius 1 is 1.35 bits per heavy atom. The zero-order chi connectivity index (χ0) is 12.9. The second-order valence-electron chi connectivity index (χ2n) is 2.96. The van der Waals surface area contributed by atoms with Crippen LogP contribution in [0.3, 0.4) is 0 Å². The van der Waals surface area contributed by atoms with Crippen LogP contribution in [0.5, 0.6) is 5.75 Å². The van der Waals surface area contributed by atoms with Crippen molar-refractivity contribution in [3.63, 3.8) is 0 Å². The van der Waals surface area contributed by atoms with Crippen molar-refractivity contribution >= 4 is 15.9 Å². The maximum absolute atomic E-state index is 11.9. The third-order valence-electron chi connectivity index (χ3n) is 1.63. The highest BCUT2D eigenvalue weighted by Gasteiger charge is 2.31. The molecule has 1 aromatic carbocycles. The number of hydrogen-bond donors (Lipinski definition) is 1. The van der Waals surface area contributed by atoms with Gasteiger partial charge in [0.2, 0.25) is 0 Å². The van der Waals surface area contributed by atoms with Crippen LogP contribution < -0.4 is 4.74 Å². The van der Waals surface area contributed by atoms with Gasteiger partial charge in [-0.25, -0.2) is 0 Å². The molecule has 0 aliphatic carbocycles. The molecule has 0 spiro atoms. The van der Waals surface area contributed by atoms with E-state index in [4.69, 9.17) is 5.11 Å². The first-order chi connectivity index (χ1) is 7.92. The maximum atomic E-state index is 11.9. The van der Waals surface area contributed by atoms with E-state index in [1.165, 1.54) is 18.2 Å². The first kappa shape index (κ1) is 13.9. The Labute approximate surface area is 105 Å². The summed E-state index contributed by atoms with van der Waals surface area (Å²) in [5.74, 6) is 5.07. The van der Waals surface area contributed by atoms with E-state index in [0.717, 1.165) is 0 Å². The number of aliphatic hydroxyl groups is 1. The minimum atomic E-state index is -4.70. The van der Waals surface area contributed by atoms with Crippen molar-refractivity contribution in [2.24, 2.45) is 0 Å². The van der Waals surface area contributed by atoms with Gasteiger partial charge in [0.25, 0.3) is 0 Å². The van der Waals surface area contributed by atoms with E-state index in [2.05, 4.69) is 32.5 Å². The van der Waals surface area contributed by atoms with Crippen LogP contribution in [0.1, 0.15) is 12.0 Å². The van der Waals surface area contributed by atoms with Crippen LogP contribution in [0.2, 0.25) is 0 Å². The first-order valence-corrected chi connectivity index (χ1v) is 5.36. The number of alkyl halides is 3. The smallest absolute Gasteiger partial charge is 0.406 e. The van der Waals surface area contributed by atoms with Crippen LogP contribution >= 0.6 is 15.9 Å². The van der Waals surface area contributed by atoms with E-state index >= 15 is 0 Å². The van der Waals surface area contributed by atoms with Gasteiger partial charge in [-0.3, -0.25) is 0 Å². The van der Waals surface area contributed by atoms with Crippen LogP contribution in [-0.4, -0.2) is 18.1 Å². The van der Waals surface area contributed by atoms with Crippen LogP contribution in [0.4, 0.5) is 13.2 Å². The zero-order valence-corrected chi connectivity index (χ0v) is 10.1. The summed E-state index contributed by atoms with van der Waals surface area (Å²) in [6, 6.07) is 3.78. The van der Waals surface area contributed by atoms with Gasteiger partial charge in [0.05, 0.1) is 6.61 Å². The molecule has 1 aromatic rings. The molecule has 0 saturated heterocycles. The van der Waals surface area contributed by atoms with E-state index in [9.17, 15) is 13.2 Å². The largest absolute Gasteiger partial charge is 0.573 e. The summed E-state index contributed by atoms with van der Waals surface area (Å²) in [4.78, 5) is 0. The van der Waals surface area contributed by atoms with Crippen LogP contribution in [0.25, 0.3) is 0 Å². The number of benzene rings is 1. The molecule has 0 aliphatic rings. The van der Waals surface area contributed by atoms with Gasteiger partial charge < -0.3 is 9.84 Å². The normalized spacial score (nSPS) is 10.6. The second-order valence-corrected chi connectivity index (χ2v) is 3.82. The van der Waals surface area contributed by atoms with Crippen molar-refractivity contribution in [2.45, 2.75) is 12.8 Å². The van der Waals surface area contributed by atoms with E-state index in [0.29, 0.717) is 16.5 Å². The van der Waals surface area contributed by atoms with Crippen LogP contribution in [0.15, 0.2) is 22.7 Å². The molecule has 0 saturated carbocycles. The average molecular weight is 309 g/mol. The van der Waals surface area contributed by atoms with Crippen molar-refractivity contribution in [3.8, 4) is 17.6 Å². The molecule has 0 atom stereocenters. The summed E-state index contributed by atoms with van der Waals surface area (Å²) >= 11 is 3.09. The van der Waals surface area contributed by atoms with Crippen molar-refractivity contribution in [2.75, 3.05) is 6.61 Å². The fourth-order valence-electron chi connectivity index (χ4n) is 1.01. The number of ether oxygens (including phenoxy) is 1. The highest BCUT2D eigenvalue weighted by atomic mass is 79.9. The van der Waals surface area contributed by atoms with Crippen molar-refractivity contribution in [3.05, 3.63) is 28.2 Å². The molecule has 2 nitrogen and oxygen atoms in total. The van der Waals surface area contributed by atoms with E-state index in [-0.39, 0.29) is 12.4 Å². The quantitative estimate of drug-likeness (QED) is 0.851. The van der Waals surface area contributed by atoms with Crippen LogP contribution in [-0.2, 0) is 0 Å². The summed E-state index contributed by atoms with van der Waals surface area (Å²) < 4.78 is 39.9. The molecule has 1 rings (SSSR count). The van der Waals surface area contributed by atoms with Gasteiger partial charge >= 0.3 is 6.36 Å². The minimum absolute atomic E-state index is 0.0557. The first-order valence-electron chi connectivity index (χ1n) is 4.57. The molecule has 0 bridgehead atoms. The molecule has 17 heavy (non-hydrogen) atoms. The lowest BCUT2D eigenvalue weighted by Gasteiger charge is -2.09. The molecule has 0 radical (unpaired) electrons. The zero-order valence-electron chi connectivity index (χ0n) is 8.51. The minimum Gasteiger partial charge on any atom is -0.406 e. The van der Waals surface area contributed by atoms with Crippen LogP contribution in [0, 0.1) is 11.8 Å². The highest BCUT2D eigenvalue weighted by molar-refractivity contribution is 9.10. The van der Waals surface area contributed by atoms with Gasteiger partial charge in [-0.1, -0.05) is 11.8 Å². The van der Waals surface area contributed by atoms with E-state index in [1.807, 2.05) is 0 Å². The SMILES string of the molecule is OCCC#Cc1ccc(OC(F)(F)F)cc1Br. The maximum Gasteiger partial charge on any atom is 0.573 e. The molecular formula is C11H8BrF3O2. The molecule has 0 heterocycles. The van der Waals surface area contributed by atoms with E-state index < -0.39 is 6.36 Å². The highest BCUT2D eigenvalue weighted by Crippen LogP contribution is 2.27. The summed E-state index contributed by atoms with van der Waals surface area (Å²) in [5, 5.41) is 8.53. The Kier molecular flexibility index (Phi) is 4.85. The Bertz CT molecular complexity index is 446. The molecule has 0 fully saturated rings. The van der Waals surface area contributed by atoms with Gasteiger partial charge in [-0.2, -0.15) is 0 Å². The molecule has 92 valence electrons. The Balaban J connectivity index is 2.84. The third-order valence-corrected chi connectivity index (χ3v) is 2.29. The second kappa shape index (κ2) is 5.94. The van der Waals surface area contributed by atoms with Gasteiger partial charge in [0, 0.05) is 16.5 Å². The summed E-state index contributed by atoms with van der Waals surface area (Å²) in [5.41, 5.74) is 0.535. The van der Waals surface area contributed by atoms with Gasteiger partial charge in [0.1, 0.15) is 5.75 Å². The Morgan fingerprint density at radius 2 is 2.06 bits per heavy atom. The standard InChI is InChI=1S/C11H8BrF3O2/c12-10-7-9(17-11(13,14)15)5-4-8(10)3-1-2-6-16/h4-5,7,16H,2,6H2. The van der Waals surface area contributed by atoms with Gasteiger partial charge in [0.15, 0.2) is 0 Å². The van der Waals surface area contributed by atoms with Crippen molar-refractivity contribution in [1.82, 2.24) is 0 Å². The Hall–Kier alpha value is -1.19. The molecule has 1 N–H and O–H groups in total. The molecule has 0 unspecified atom stereocenters. The number of halogens is 4. The topological polar surface area (TPSA) is 29.5 Å². The third kappa shape index (κ3) is 5.11. The predicted octanol–water partition coefficient (Wildman–Crippen LogP) is 3.08. The van der Waals surface area contributed by atoms with Crippen molar-refractivity contribution in [1.29, 1.82) is 0 Å². The number of rotatable bonds is 2. The average Bonchev–Trinajstić information content (AvgIpc) is 2.19. The predicted molar refractivity (Wildman–Crippen MR) is 59.4 cm³/mol. The van der Waals surface area contributed by atoms with Gasteiger partial charge in [-0.15, -0.1) is 13.2 Å². The van der Waals surface area contributed by atoms with E-state index in [1.54, 1.807) is 0 Å². The molecule has 6 heteroatoms. The summed E-state index contributed by atoms with van der Waals surface area (Å²) in [6.45, 7) is -0.0557. The monoisotopic (exact) mass is 308 g/mol. The molecule has 0 amide bonds. The van der Waals surface area contributed by atoms with Gasteiger partial charge in [-0.05, 0) is 34.1 Å². The summed E-state index contributed by atoms with van der Waals surface area (Å²) in [7, 11) is 0. The fourth-order valence-corrected chi connectivity index (χ4v) is 1.46. The number of aliphatic hydroxyl groups excluding tert-OH is 1. The molecule has 0 aliphatic heterocycles. The Morgan fingerprint density at radius 3 is 2.59 bits per heavy atom. The fraction of sp³-hybridized carbons (Fsp3) is 0.273. The molecule has 0 aromatic heterocycles. The van der Waals surface area contributed by atoms with Crippen molar-refractivity contribution < 1.29 is 23.0 Å². The summed E-state index contributed by atoms with van der Waals surface area (Å²) in [6.07, 6.45) is -4.39. The molecular weight excluding hydrogens is 301 g/mol.